The van der Waals surface area contributed by atoms with Crippen molar-refractivity contribution in [1.82, 2.24) is 0 Å². The lowest BCUT2D eigenvalue weighted by Gasteiger charge is -2.56. The molecule has 4 rings (SSSR count). The van der Waals surface area contributed by atoms with Crippen molar-refractivity contribution in [3.8, 4) is 0 Å². The van der Waals surface area contributed by atoms with E-state index in [0.717, 1.165) is 18.3 Å². The van der Waals surface area contributed by atoms with Crippen LogP contribution in [0.25, 0.3) is 0 Å². The lowest BCUT2D eigenvalue weighted by molar-refractivity contribution is -0.0414. The van der Waals surface area contributed by atoms with Crippen molar-refractivity contribution in [1.29, 1.82) is 0 Å². The van der Waals surface area contributed by atoms with Gasteiger partial charge in [-0.1, -0.05) is 63.8 Å². The largest absolute Gasteiger partial charge is 0.393 e. The molecule has 1 N–H and O–H groups in total. The molecular formula is C31H50O. The van der Waals surface area contributed by atoms with Crippen LogP contribution in [-0.2, 0) is 0 Å². The maximum atomic E-state index is 10.9. The summed E-state index contributed by atoms with van der Waals surface area (Å²) in [6.45, 7) is 14.5. The maximum Gasteiger partial charge on any atom is 0.0571 e. The number of fused-ring (bicyclic) bond motifs is 4. The number of allylic oxidation sites excluding steroid dienone is 6. The maximum absolute atomic E-state index is 10.9. The van der Waals surface area contributed by atoms with E-state index in [2.05, 4.69) is 53.7 Å². The van der Waals surface area contributed by atoms with E-state index in [1.165, 1.54) is 76.2 Å². The SMILES string of the molecule is CCCCC1C(O)CC[C@]2(C)C3=C(CCC12)C1=CC[C@H]([C@H](C)CCC=C(C)C)[C@@]1(C)CC3. The summed E-state index contributed by atoms with van der Waals surface area (Å²) in [7, 11) is 0. The normalized spacial score (nSPS) is 39.7. The predicted octanol–water partition coefficient (Wildman–Crippen LogP) is 8.79. The van der Waals surface area contributed by atoms with E-state index in [-0.39, 0.29) is 6.10 Å². The lowest BCUT2D eigenvalue weighted by Crippen LogP contribution is -2.48. The van der Waals surface area contributed by atoms with Gasteiger partial charge in [0.1, 0.15) is 0 Å². The van der Waals surface area contributed by atoms with Crippen molar-refractivity contribution < 1.29 is 5.11 Å². The van der Waals surface area contributed by atoms with Gasteiger partial charge in [-0.25, -0.2) is 0 Å². The topological polar surface area (TPSA) is 20.2 Å². The van der Waals surface area contributed by atoms with E-state index >= 15 is 0 Å². The van der Waals surface area contributed by atoms with E-state index in [9.17, 15) is 5.11 Å². The Morgan fingerprint density at radius 1 is 1.16 bits per heavy atom. The molecule has 0 heterocycles. The van der Waals surface area contributed by atoms with Gasteiger partial charge in [0.05, 0.1) is 6.10 Å². The van der Waals surface area contributed by atoms with Crippen LogP contribution >= 0.6 is 0 Å². The molecule has 0 aromatic carbocycles. The summed E-state index contributed by atoms with van der Waals surface area (Å²) in [6.07, 6.45) is 20.1. The quantitative estimate of drug-likeness (QED) is 0.394. The number of aliphatic hydroxyl groups excluding tert-OH is 1. The van der Waals surface area contributed by atoms with Gasteiger partial charge < -0.3 is 5.11 Å². The first-order chi connectivity index (χ1) is 15.2. The molecule has 0 spiro atoms. The van der Waals surface area contributed by atoms with Crippen molar-refractivity contribution in [3.63, 3.8) is 0 Å². The molecule has 0 saturated heterocycles. The lowest BCUT2D eigenvalue weighted by atomic mass is 9.49. The average Bonchev–Trinajstić information content (AvgIpc) is 3.10. The molecule has 1 heteroatoms. The summed E-state index contributed by atoms with van der Waals surface area (Å²) in [6, 6.07) is 0. The van der Waals surface area contributed by atoms with Gasteiger partial charge in [-0.2, -0.15) is 0 Å². The number of hydrogen-bond donors (Lipinski definition) is 1. The predicted molar refractivity (Wildman–Crippen MR) is 137 cm³/mol. The number of aliphatic hydroxyl groups is 1. The Bertz CT molecular complexity index is 780. The molecule has 0 radical (unpaired) electrons. The molecule has 1 fully saturated rings. The minimum absolute atomic E-state index is 0.0626. The Morgan fingerprint density at radius 2 is 1.94 bits per heavy atom. The van der Waals surface area contributed by atoms with E-state index in [1.807, 2.05) is 5.57 Å². The van der Waals surface area contributed by atoms with Gasteiger partial charge in [-0.05, 0) is 124 Å². The molecule has 0 bridgehead atoms. The Hall–Kier alpha value is -0.820. The third kappa shape index (κ3) is 4.10. The third-order valence-electron chi connectivity index (χ3n) is 10.5. The Kier molecular flexibility index (Phi) is 7.17. The highest BCUT2D eigenvalue weighted by Gasteiger charge is 2.54. The zero-order chi connectivity index (χ0) is 23.1. The van der Waals surface area contributed by atoms with Gasteiger partial charge in [0.25, 0.3) is 0 Å². The first-order valence-electron chi connectivity index (χ1n) is 14.0. The summed E-state index contributed by atoms with van der Waals surface area (Å²) < 4.78 is 0. The molecule has 4 aliphatic carbocycles. The first-order valence-corrected chi connectivity index (χ1v) is 14.0. The monoisotopic (exact) mass is 438 g/mol. The van der Waals surface area contributed by atoms with Gasteiger partial charge in [0.15, 0.2) is 0 Å². The minimum Gasteiger partial charge on any atom is -0.393 e. The summed E-state index contributed by atoms with van der Waals surface area (Å²) >= 11 is 0. The van der Waals surface area contributed by atoms with E-state index in [1.54, 1.807) is 11.1 Å². The molecule has 7 atom stereocenters. The number of rotatable bonds is 7. The van der Waals surface area contributed by atoms with Gasteiger partial charge in [0, 0.05) is 0 Å². The van der Waals surface area contributed by atoms with Gasteiger partial charge in [0.2, 0.25) is 0 Å². The van der Waals surface area contributed by atoms with E-state index in [4.69, 9.17) is 0 Å². The van der Waals surface area contributed by atoms with Crippen LogP contribution in [0, 0.1) is 34.5 Å². The van der Waals surface area contributed by atoms with Gasteiger partial charge in [-0.3, -0.25) is 0 Å². The highest BCUT2D eigenvalue weighted by Crippen LogP contribution is 2.65. The molecule has 32 heavy (non-hydrogen) atoms. The van der Waals surface area contributed by atoms with Crippen LogP contribution < -0.4 is 0 Å². The summed E-state index contributed by atoms with van der Waals surface area (Å²) in [5.41, 5.74) is 7.54. The van der Waals surface area contributed by atoms with Crippen LogP contribution in [0.4, 0.5) is 0 Å². The van der Waals surface area contributed by atoms with Crippen LogP contribution in [0.3, 0.4) is 0 Å². The highest BCUT2D eigenvalue weighted by atomic mass is 16.3. The molecule has 4 aliphatic rings. The van der Waals surface area contributed by atoms with Gasteiger partial charge >= 0.3 is 0 Å². The molecule has 1 nitrogen and oxygen atoms in total. The smallest absolute Gasteiger partial charge is 0.0571 e. The Morgan fingerprint density at radius 3 is 2.66 bits per heavy atom. The fourth-order valence-electron chi connectivity index (χ4n) is 8.66. The standard InChI is InChI=1S/C31H50O/c1-7-8-12-24-27-14-13-23-26-16-15-25(22(4)11-9-10-21(2)3)30(26,5)19-17-28(23)31(27,6)20-18-29(24)32/h10,16,22,24-25,27,29,32H,7-9,11-15,17-20H2,1-6H3/t22-,24?,25-,27?,29?,30-,31+/m1/s1. The third-order valence-corrected chi connectivity index (χ3v) is 10.5. The summed E-state index contributed by atoms with van der Waals surface area (Å²) in [5, 5.41) is 10.9. The molecular weight excluding hydrogens is 388 g/mol. The van der Waals surface area contributed by atoms with Crippen LogP contribution in [0.1, 0.15) is 119 Å². The number of hydrogen-bond acceptors (Lipinski definition) is 1. The van der Waals surface area contributed by atoms with Gasteiger partial charge in [-0.15, -0.1) is 0 Å². The van der Waals surface area contributed by atoms with Crippen LogP contribution in [0.2, 0.25) is 0 Å². The first kappa shape index (κ1) is 24.3. The van der Waals surface area contributed by atoms with Crippen molar-refractivity contribution in [2.45, 2.75) is 125 Å². The van der Waals surface area contributed by atoms with Crippen molar-refractivity contribution in [2.75, 3.05) is 0 Å². The van der Waals surface area contributed by atoms with E-state index in [0.29, 0.717) is 22.7 Å². The molecule has 0 aromatic rings. The molecule has 0 aliphatic heterocycles. The second-order valence-electron chi connectivity index (χ2n) is 12.6. The Balaban J connectivity index is 1.57. The van der Waals surface area contributed by atoms with Crippen LogP contribution in [0.5, 0.6) is 0 Å². The van der Waals surface area contributed by atoms with Crippen molar-refractivity contribution in [3.05, 3.63) is 34.4 Å². The molecule has 0 aromatic heterocycles. The van der Waals surface area contributed by atoms with Crippen LogP contribution in [-0.4, -0.2) is 11.2 Å². The molecule has 3 unspecified atom stereocenters. The van der Waals surface area contributed by atoms with Crippen molar-refractivity contribution >= 4 is 0 Å². The molecule has 1 saturated carbocycles. The van der Waals surface area contributed by atoms with Crippen molar-refractivity contribution in [2.24, 2.45) is 34.5 Å². The second-order valence-corrected chi connectivity index (χ2v) is 12.6. The number of unbranched alkanes of at least 4 members (excludes halogenated alkanes) is 1. The van der Waals surface area contributed by atoms with Crippen LogP contribution in [0.15, 0.2) is 34.4 Å². The fourth-order valence-corrected chi connectivity index (χ4v) is 8.66. The van der Waals surface area contributed by atoms with E-state index < -0.39 is 0 Å². The highest BCUT2D eigenvalue weighted by molar-refractivity contribution is 5.49. The summed E-state index contributed by atoms with van der Waals surface area (Å²) in [5.74, 6) is 2.83. The summed E-state index contributed by atoms with van der Waals surface area (Å²) in [4.78, 5) is 0. The zero-order valence-electron chi connectivity index (χ0n) is 22.0. The zero-order valence-corrected chi connectivity index (χ0v) is 22.0. The fraction of sp³-hybridized carbons (Fsp3) is 0.806. The second kappa shape index (κ2) is 9.44. The average molecular weight is 439 g/mol. The minimum atomic E-state index is -0.0626. The molecule has 180 valence electrons. The Labute approximate surface area is 198 Å². The molecule has 0 amide bonds.